The number of thiophene rings is 1. The van der Waals surface area contributed by atoms with Crippen LogP contribution in [-0.2, 0) is 12.8 Å². The maximum Gasteiger partial charge on any atom is 0.0149 e. The second-order valence-corrected chi connectivity index (χ2v) is 7.93. The molecule has 1 heterocycles. The van der Waals surface area contributed by atoms with Crippen molar-refractivity contribution in [2.75, 3.05) is 6.54 Å². The van der Waals surface area contributed by atoms with Gasteiger partial charge in [-0.1, -0.05) is 26.7 Å². The monoisotopic (exact) mass is 291 g/mol. The van der Waals surface area contributed by atoms with Gasteiger partial charge in [-0.15, -0.1) is 11.3 Å². The van der Waals surface area contributed by atoms with Crippen LogP contribution in [0.1, 0.15) is 55.7 Å². The molecule has 0 aromatic carbocycles. The fourth-order valence-corrected chi connectivity index (χ4v) is 5.27. The Bertz CT molecular complexity index is 413. The summed E-state index contributed by atoms with van der Waals surface area (Å²) in [4.78, 5) is 3.14. The van der Waals surface area contributed by atoms with Crippen molar-refractivity contribution < 1.29 is 0 Å². The van der Waals surface area contributed by atoms with E-state index in [2.05, 4.69) is 31.3 Å². The molecule has 0 spiro atoms. The SMILES string of the molecule is CCCNC(Cc1ccc(CC)s1)C1C2CCCCC21. The van der Waals surface area contributed by atoms with Crippen molar-refractivity contribution in [3.63, 3.8) is 0 Å². The Labute approximate surface area is 128 Å². The van der Waals surface area contributed by atoms with Crippen LogP contribution >= 0.6 is 11.3 Å². The average Bonchev–Trinajstić information content (AvgIpc) is 3.03. The predicted octanol–water partition coefficient (Wildman–Crippen LogP) is 4.66. The smallest absolute Gasteiger partial charge is 0.0149 e. The first-order valence-electron chi connectivity index (χ1n) is 8.64. The first-order valence-corrected chi connectivity index (χ1v) is 9.46. The van der Waals surface area contributed by atoms with Gasteiger partial charge in [-0.05, 0) is 68.5 Å². The largest absolute Gasteiger partial charge is 0.313 e. The molecule has 1 aromatic heterocycles. The maximum atomic E-state index is 3.87. The zero-order valence-corrected chi connectivity index (χ0v) is 13.8. The van der Waals surface area contributed by atoms with E-state index in [9.17, 15) is 0 Å². The minimum Gasteiger partial charge on any atom is -0.313 e. The Morgan fingerprint density at radius 3 is 2.45 bits per heavy atom. The molecule has 112 valence electrons. The number of fused-ring (bicyclic) bond motifs is 1. The van der Waals surface area contributed by atoms with E-state index >= 15 is 0 Å². The molecule has 1 aromatic rings. The molecule has 0 aliphatic heterocycles. The third-order valence-corrected chi connectivity index (χ3v) is 6.58. The van der Waals surface area contributed by atoms with Gasteiger partial charge < -0.3 is 5.32 Å². The Hall–Kier alpha value is -0.340. The number of hydrogen-bond acceptors (Lipinski definition) is 2. The summed E-state index contributed by atoms with van der Waals surface area (Å²) in [5.41, 5.74) is 0. The van der Waals surface area contributed by atoms with Gasteiger partial charge in [0.25, 0.3) is 0 Å². The Morgan fingerprint density at radius 1 is 1.15 bits per heavy atom. The zero-order chi connectivity index (χ0) is 13.9. The molecule has 3 unspecified atom stereocenters. The molecule has 0 bridgehead atoms. The van der Waals surface area contributed by atoms with Crippen LogP contribution in [0.25, 0.3) is 0 Å². The molecule has 2 aliphatic carbocycles. The topological polar surface area (TPSA) is 12.0 Å². The molecule has 0 radical (unpaired) electrons. The zero-order valence-electron chi connectivity index (χ0n) is 13.0. The lowest BCUT2D eigenvalue weighted by Crippen LogP contribution is -2.34. The third-order valence-electron chi connectivity index (χ3n) is 5.33. The molecular weight excluding hydrogens is 262 g/mol. The Kier molecular flexibility index (Phi) is 4.83. The van der Waals surface area contributed by atoms with Crippen molar-refractivity contribution >= 4 is 11.3 Å². The van der Waals surface area contributed by atoms with Crippen molar-refractivity contribution in [3.8, 4) is 0 Å². The van der Waals surface area contributed by atoms with Gasteiger partial charge in [-0.25, -0.2) is 0 Å². The van der Waals surface area contributed by atoms with Crippen LogP contribution in [0.2, 0.25) is 0 Å². The van der Waals surface area contributed by atoms with Crippen LogP contribution in [-0.4, -0.2) is 12.6 Å². The lowest BCUT2D eigenvalue weighted by Gasteiger charge is -2.18. The van der Waals surface area contributed by atoms with Crippen LogP contribution in [0.4, 0.5) is 0 Å². The van der Waals surface area contributed by atoms with Crippen LogP contribution < -0.4 is 5.32 Å². The average molecular weight is 292 g/mol. The standard InChI is InChI=1S/C18H29NS/c1-3-11-19-17(12-14-10-9-13(4-2)20-14)18-15-7-5-6-8-16(15)18/h9-10,15-19H,3-8,11-12H2,1-2H3. The summed E-state index contributed by atoms with van der Waals surface area (Å²) in [7, 11) is 0. The van der Waals surface area contributed by atoms with E-state index in [1.165, 1.54) is 51.5 Å². The lowest BCUT2D eigenvalue weighted by molar-refractivity contribution is 0.430. The fourth-order valence-electron chi connectivity index (χ4n) is 4.26. The Balaban J connectivity index is 1.63. The van der Waals surface area contributed by atoms with Gasteiger partial charge in [-0.2, -0.15) is 0 Å². The maximum absolute atomic E-state index is 3.87. The summed E-state index contributed by atoms with van der Waals surface area (Å²) in [6, 6.07) is 5.44. The van der Waals surface area contributed by atoms with E-state index in [0.717, 1.165) is 23.8 Å². The molecular formula is C18H29NS. The molecule has 0 amide bonds. The van der Waals surface area contributed by atoms with Gasteiger partial charge in [0, 0.05) is 15.8 Å². The molecule has 2 saturated carbocycles. The van der Waals surface area contributed by atoms with Gasteiger partial charge in [-0.3, -0.25) is 0 Å². The van der Waals surface area contributed by atoms with E-state index in [1.807, 2.05) is 11.3 Å². The number of hydrogen-bond donors (Lipinski definition) is 1. The molecule has 2 heteroatoms. The van der Waals surface area contributed by atoms with Gasteiger partial charge >= 0.3 is 0 Å². The van der Waals surface area contributed by atoms with Crippen molar-refractivity contribution in [2.24, 2.45) is 17.8 Å². The van der Waals surface area contributed by atoms with Crippen molar-refractivity contribution in [1.29, 1.82) is 0 Å². The first-order chi connectivity index (χ1) is 9.83. The van der Waals surface area contributed by atoms with Crippen LogP contribution in [0, 0.1) is 17.8 Å². The minimum absolute atomic E-state index is 0.742. The quantitative estimate of drug-likeness (QED) is 0.770. The second kappa shape index (κ2) is 6.62. The molecule has 3 rings (SSSR count). The Morgan fingerprint density at radius 2 is 1.85 bits per heavy atom. The van der Waals surface area contributed by atoms with Crippen LogP contribution in [0.15, 0.2) is 12.1 Å². The lowest BCUT2D eigenvalue weighted by atomic mass is 10.0. The highest BCUT2D eigenvalue weighted by molar-refractivity contribution is 7.11. The van der Waals surface area contributed by atoms with Gasteiger partial charge in [0.2, 0.25) is 0 Å². The number of nitrogens with one attached hydrogen (secondary N) is 1. The van der Waals surface area contributed by atoms with Crippen molar-refractivity contribution in [1.82, 2.24) is 5.32 Å². The first kappa shape index (κ1) is 14.6. The summed E-state index contributed by atoms with van der Waals surface area (Å²) in [6.45, 7) is 5.73. The molecule has 2 aliphatic rings. The number of rotatable bonds is 7. The van der Waals surface area contributed by atoms with Gasteiger partial charge in [0.1, 0.15) is 0 Å². The van der Waals surface area contributed by atoms with E-state index in [-0.39, 0.29) is 0 Å². The summed E-state index contributed by atoms with van der Waals surface area (Å²) < 4.78 is 0. The van der Waals surface area contributed by atoms with Crippen molar-refractivity contribution in [3.05, 3.63) is 21.9 Å². The van der Waals surface area contributed by atoms with Gasteiger partial charge in [0.15, 0.2) is 0 Å². The predicted molar refractivity (Wildman–Crippen MR) is 88.4 cm³/mol. The highest BCUT2D eigenvalue weighted by Crippen LogP contribution is 2.57. The third kappa shape index (κ3) is 3.12. The fraction of sp³-hybridized carbons (Fsp3) is 0.778. The van der Waals surface area contributed by atoms with E-state index < -0.39 is 0 Å². The molecule has 3 atom stereocenters. The second-order valence-electron chi connectivity index (χ2n) is 6.68. The van der Waals surface area contributed by atoms with E-state index in [1.54, 1.807) is 9.75 Å². The summed E-state index contributed by atoms with van der Waals surface area (Å²) in [6.07, 6.45) is 9.68. The summed E-state index contributed by atoms with van der Waals surface area (Å²) >= 11 is 2.03. The molecule has 1 N–H and O–H groups in total. The van der Waals surface area contributed by atoms with Gasteiger partial charge in [0.05, 0.1) is 0 Å². The number of aryl methyl sites for hydroxylation is 1. The van der Waals surface area contributed by atoms with Crippen molar-refractivity contribution in [2.45, 2.75) is 64.8 Å². The normalized spacial score (nSPS) is 30.0. The van der Waals surface area contributed by atoms with Crippen LogP contribution in [0.3, 0.4) is 0 Å². The highest BCUT2D eigenvalue weighted by atomic mass is 32.1. The molecule has 1 nitrogen and oxygen atoms in total. The van der Waals surface area contributed by atoms with E-state index in [4.69, 9.17) is 0 Å². The van der Waals surface area contributed by atoms with Crippen LogP contribution in [0.5, 0.6) is 0 Å². The van der Waals surface area contributed by atoms with E-state index in [0.29, 0.717) is 0 Å². The molecule has 2 fully saturated rings. The highest BCUT2D eigenvalue weighted by Gasteiger charge is 2.53. The summed E-state index contributed by atoms with van der Waals surface area (Å²) in [5, 5.41) is 3.87. The molecule has 0 saturated heterocycles. The molecule has 20 heavy (non-hydrogen) atoms. The summed E-state index contributed by atoms with van der Waals surface area (Å²) in [5.74, 6) is 3.10. The minimum atomic E-state index is 0.742.